The van der Waals surface area contributed by atoms with Gasteiger partial charge >= 0.3 is 0 Å². The van der Waals surface area contributed by atoms with E-state index in [0.717, 1.165) is 50.9 Å². The van der Waals surface area contributed by atoms with E-state index in [9.17, 15) is 13.2 Å². The van der Waals surface area contributed by atoms with Gasteiger partial charge in [-0.1, -0.05) is 37.1 Å². The number of nitrogens with one attached hydrogen (secondary N) is 2. The SMILES string of the molecule is Cc1ccc(NC(=O)CN2CCC(Nc3ccccc3)C2)cc1S(=O)(=O)N1CCCCCC1. The minimum Gasteiger partial charge on any atom is -0.381 e. The molecule has 2 aromatic rings. The Morgan fingerprint density at radius 3 is 2.42 bits per heavy atom. The molecule has 2 saturated heterocycles. The van der Waals surface area contributed by atoms with Gasteiger partial charge in [0, 0.05) is 43.6 Å². The summed E-state index contributed by atoms with van der Waals surface area (Å²) in [7, 11) is -3.57. The zero-order valence-electron chi connectivity index (χ0n) is 19.3. The number of aryl methyl sites for hydroxylation is 1. The molecule has 0 aromatic heterocycles. The van der Waals surface area contributed by atoms with Crippen LogP contribution in [0.15, 0.2) is 53.4 Å². The second-order valence-corrected chi connectivity index (χ2v) is 11.0. The number of para-hydroxylation sites is 1. The molecule has 2 aliphatic rings. The van der Waals surface area contributed by atoms with Crippen molar-refractivity contribution in [3.8, 4) is 0 Å². The van der Waals surface area contributed by atoms with Crippen LogP contribution in [0.5, 0.6) is 0 Å². The van der Waals surface area contributed by atoms with Crippen molar-refractivity contribution in [2.75, 3.05) is 43.4 Å². The maximum Gasteiger partial charge on any atom is 0.243 e. The highest BCUT2D eigenvalue weighted by molar-refractivity contribution is 7.89. The smallest absolute Gasteiger partial charge is 0.243 e. The second kappa shape index (κ2) is 10.7. The third kappa shape index (κ3) is 6.13. The lowest BCUT2D eigenvalue weighted by atomic mass is 10.2. The Morgan fingerprint density at radius 2 is 1.70 bits per heavy atom. The van der Waals surface area contributed by atoms with Gasteiger partial charge in [0.25, 0.3) is 0 Å². The highest BCUT2D eigenvalue weighted by atomic mass is 32.2. The first-order chi connectivity index (χ1) is 15.9. The average Bonchev–Trinajstić information content (AvgIpc) is 3.04. The molecule has 1 amide bonds. The number of carbonyl (C=O) groups excluding carboxylic acids is 1. The molecule has 0 radical (unpaired) electrons. The standard InChI is InChI=1S/C25H34N4O3S/c1-20-11-12-22(17-24(20)33(31,32)29-14-7-2-3-8-15-29)27-25(30)19-28-16-13-23(18-28)26-21-9-5-4-6-10-21/h4-6,9-12,17,23,26H,2-3,7-8,13-16,18-19H2,1H3,(H,27,30). The molecule has 0 spiro atoms. The second-order valence-electron chi connectivity index (χ2n) is 9.08. The van der Waals surface area contributed by atoms with Gasteiger partial charge in [0.15, 0.2) is 0 Å². The Bertz CT molecular complexity index is 1050. The number of carbonyl (C=O) groups is 1. The third-order valence-corrected chi connectivity index (χ3v) is 8.48. The molecule has 178 valence electrons. The fourth-order valence-corrected chi connectivity index (χ4v) is 6.41. The molecule has 33 heavy (non-hydrogen) atoms. The summed E-state index contributed by atoms with van der Waals surface area (Å²) in [6.45, 7) is 4.86. The molecule has 8 heteroatoms. The van der Waals surface area contributed by atoms with Gasteiger partial charge in [-0.15, -0.1) is 0 Å². The Kier molecular flexibility index (Phi) is 7.67. The Hall–Kier alpha value is -2.42. The lowest BCUT2D eigenvalue weighted by Gasteiger charge is -2.22. The Balaban J connectivity index is 1.36. The van der Waals surface area contributed by atoms with E-state index < -0.39 is 10.0 Å². The summed E-state index contributed by atoms with van der Waals surface area (Å²) in [4.78, 5) is 15.1. The van der Waals surface area contributed by atoms with Crippen LogP contribution in [0.2, 0.25) is 0 Å². The van der Waals surface area contributed by atoms with Crippen LogP contribution in [0.1, 0.15) is 37.7 Å². The molecule has 0 saturated carbocycles. The lowest BCUT2D eigenvalue weighted by Crippen LogP contribution is -2.34. The van der Waals surface area contributed by atoms with E-state index in [1.165, 1.54) is 0 Å². The highest BCUT2D eigenvalue weighted by Crippen LogP contribution is 2.26. The van der Waals surface area contributed by atoms with Crippen LogP contribution in [0, 0.1) is 6.92 Å². The maximum atomic E-state index is 13.3. The van der Waals surface area contributed by atoms with E-state index in [1.807, 2.05) is 30.3 Å². The number of sulfonamides is 1. The summed E-state index contributed by atoms with van der Waals surface area (Å²) in [6, 6.07) is 15.6. The molecule has 2 heterocycles. The van der Waals surface area contributed by atoms with Gasteiger partial charge < -0.3 is 10.6 Å². The van der Waals surface area contributed by atoms with Gasteiger partial charge in [-0.3, -0.25) is 9.69 Å². The third-order valence-electron chi connectivity index (χ3n) is 6.44. The van der Waals surface area contributed by atoms with E-state index in [0.29, 0.717) is 30.4 Å². The number of anilines is 2. The molecule has 0 aliphatic carbocycles. The van der Waals surface area contributed by atoms with Crippen LogP contribution < -0.4 is 10.6 Å². The number of nitrogens with zero attached hydrogens (tertiary/aromatic N) is 2. The maximum absolute atomic E-state index is 13.3. The number of hydrogen-bond acceptors (Lipinski definition) is 5. The van der Waals surface area contributed by atoms with Crippen LogP contribution in [0.4, 0.5) is 11.4 Å². The molecule has 0 bridgehead atoms. The molecular weight excluding hydrogens is 436 g/mol. The Morgan fingerprint density at radius 1 is 0.970 bits per heavy atom. The van der Waals surface area contributed by atoms with Crippen molar-refractivity contribution in [3.63, 3.8) is 0 Å². The monoisotopic (exact) mass is 470 g/mol. The summed E-state index contributed by atoms with van der Waals surface area (Å²) in [5.74, 6) is -0.127. The number of rotatable bonds is 7. The van der Waals surface area contributed by atoms with Gasteiger partial charge in [0.1, 0.15) is 0 Å². The van der Waals surface area contributed by atoms with Crippen molar-refractivity contribution >= 4 is 27.3 Å². The molecule has 2 aromatic carbocycles. The van der Waals surface area contributed by atoms with Crippen LogP contribution in [-0.4, -0.2) is 62.3 Å². The molecule has 2 fully saturated rings. The number of hydrogen-bond donors (Lipinski definition) is 2. The van der Waals surface area contributed by atoms with Crippen LogP contribution in [0.25, 0.3) is 0 Å². The lowest BCUT2D eigenvalue weighted by molar-refractivity contribution is -0.117. The predicted molar refractivity (Wildman–Crippen MR) is 132 cm³/mol. The zero-order chi connectivity index (χ0) is 23.3. The van der Waals surface area contributed by atoms with E-state index >= 15 is 0 Å². The largest absolute Gasteiger partial charge is 0.381 e. The minimum atomic E-state index is -3.57. The normalized spacial score (nSPS) is 20.3. The molecule has 2 N–H and O–H groups in total. The molecule has 1 atom stereocenters. The minimum absolute atomic E-state index is 0.127. The topological polar surface area (TPSA) is 81.8 Å². The summed E-state index contributed by atoms with van der Waals surface area (Å²) in [5.41, 5.74) is 2.32. The van der Waals surface area contributed by atoms with Gasteiger partial charge in [-0.05, 0) is 56.0 Å². The molecule has 1 unspecified atom stereocenters. The average molecular weight is 471 g/mol. The van der Waals surface area contributed by atoms with Gasteiger partial charge in [0.2, 0.25) is 15.9 Å². The first-order valence-electron chi connectivity index (χ1n) is 11.9. The van der Waals surface area contributed by atoms with Crippen LogP contribution in [0.3, 0.4) is 0 Å². The van der Waals surface area contributed by atoms with Crippen molar-refractivity contribution in [2.24, 2.45) is 0 Å². The number of likely N-dealkylation sites (tertiary alicyclic amines) is 1. The first kappa shape index (κ1) is 23.7. The zero-order valence-corrected chi connectivity index (χ0v) is 20.1. The summed E-state index contributed by atoms with van der Waals surface area (Å²) >= 11 is 0. The van der Waals surface area contributed by atoms with E-state index in [4.69, 9.17) is 0 Å². The number of benzene rings is 2. The van der Waals surface area contributed by atoms with Crippen molar-refractivity contribution in [1.82, 2.24) is 9.21 Å². The van der Waals surface area contributed by atoms with Gasteiger partial charge in [0.05, 0.1) is 11.4 Å². The van der Waals surface area contributed by atoms with Crippen molar-refractivity contribution in [2.45, 2.75) is 50.0 Å². The van der Waals surface area contributed by atoms with E-state index in [-0.39, 0.29) is 17.3 Å². The van der Waals surface area contributed by atoms with E-state index in [2.05, 4.69) is 15.5 Å². The van der Waals surface area contributed by atoms with Crippen molar-refractivity contribution in [3.05, 3.63) is 54.1 Å². The van der Waals surface area contributed by atoms with Gasteiger partial charge in [-0.2, -0.15) is 4.31 Å². The summed E-state index contributed by atoms with van der Waals surface area (Å²) in [5, 5.41) is 6.42. The number of amides is 1. The van der Waals surface area contributed by atoms with Crippen molar-refractivity contribution < 1.29 is 13.2 Å². The van der Waals surface area contributed by atoms with Crippen LogP contribution >= 0.6 is 0 Å². The molecule has 7 nitrogen and oxygen atoms in total. The highest BCUT2D eigenvalue weighted by Gasteiger charge is 2.28. The molecule has 4 rings (SSSR count). The van der Waals surface area contributed by atoms with Gasteiger partial charge in [-0.25, -0.2) is 8.42 Å². The quantitative estimate of drug-likeness (QED) is 0.645. The van der Waals surface area contributed by atoms with Crippen molar-refractivity contribution in [1.29, 1.82) is 0 Å². The summed E-state index contributed by atoms with van der Waals surface area (Å²) < 4.78 is 28.1. The molecular formula is C25H34N4O3S. The Labute approximate surface area is 197 Å². The first-order valence-corrected chi connectivity index (χ1v) is 13.3. The fraction of sp³-hybridized carbons (Fsp3) is 0.480. The van der Waals surface area contributed by atoms with E-state index in [1.54, 1.807) is 29.4 Å². The molecule has 2 aliphatic heterocycles. The predicted octanol–water partition coefficient (Wildman–Crippen LogP) is 3.68. The van der Waals surface area contributed by atoms with Crippen LogP contribution in [-0.2, 0) is 14.8 Å². The summed E-state index contributed by atoms with van der Waals surface area (Å²) in [6.07, 6.45) is 4.90. The fourth-order valence-electron chi connectivity index (χ4n) is 4.64.